The lowest BCUT2D eigenvalue weighted by Crippen LogP contribution is -2.23. The van der Waals surface area contributed by atoms with Gasteiger partial charge in [-0.2, -0.15) is 0 Å². The van der Waals surface area contributed by atoms with Crippen LogP contribution >= 0.6 is 0 Å². The highest BCUT2D eigenvalue weighted by Gasteiger charge is 2.24. The molecule has 1 fully saturated rings. The second-order valence-corrected chi connectivity index (χ2v) is 5.89. The molecule has 2 heteroatoms. The van der Waals surface area contributed by atoms with E-state index in [1.54, 1.807) is 6.07 Å². The smallest absolute Gasteiger partial charge is 0.0721 e. The van der Waals surface area contributed by atoms with E-state index in [0.29, 0.717) is 11.5 Å². The van der Waals surface area contributed by atoms with Gasteiger partial charge in [-0.15, -0.1) is 0 Å². The molecule has 3 aromatic rings. The van der Waals surface area contributed by atoms with Gasteiger partial charge in [0.1, 0.15) is 0 Å². The molecule has 1 aliphatic carbocycles. The highest BCUT2D eigenvalue weighted by molar-refractivity contribution is 6.03. The first kappa shape index (κ1) is 13.1. The molecule has 108 valence electrons. The van der Waals surface area contributed by atoms with Gasteiger partial charge >= 0.3 is 0 Å². The normalized spacial score (nSPS) is 14.2. The fourth-order valence-corrected chi connectivity index (χ4v) is 3.10. The monoisotopic (exact) mass is 287 g/mol. The van der Waals surface area contributed by atoms with E-state index in [4.69, 9.17) is 0 Å². The lowest BCUT2D eigenvalue weighted by molar-refractivity contribution is -0.254. The molecule has 0 saturated heterocycles. The maximum atomic E-state index is 11.6. The largest absolute Gasteiger partial charge is 0.545 e. The average molecular weight is 287 g/mol. The molecule has 4 rings (SSSR count). The molecule has 0 heterocycles. The summed E-state index contributed by atoms with van der Waals surface area (Å²) in [5.41, 5.74) is 3.09. The fraction of sp³-hybridized carbons (Fsp3) is 0.150. The summed E-state index contributed by atoms with van der Waals surface area (Å²) in [7, 11) is 0. The number of fused-ring (bicyclic) bond motifs is 1. The molecule has 0 bridgehead atoms. The van der Waals surface area contributed by atoms with Crippen molar-refractivity contribution in [2.45, 2.75) is 18.8 Å². The van der Waals surface area contributed by atoms with Crippen LogP contribution < -0.4 is 5.11 Å². The van der Waals surface area contributed by atoms with Crippen LogP contribution in [0.1, 0.15) is 34.7 Å². The highest BCUT2D eigenvalue weighted by atomic mass is 16.4. The SMILES string of the molecule is O=C([O-])c1cc(C2CC2)ccc1-c1cccc2ccccc12. The molecule has 0 aliphatic heterocycles. The predicted molar refractivity (Wildman–Crippen MR) is 85.7 cm³/mol. The third-order valence-electron chi connectivity index (χ3n) is 4.39. The van der Waals surface area contributed by atoms with Gasteiger partial charge in [0.15, 0.2) is 0 Å². The van der Waals surface area contributed by atoms with Crippen molar-refractivity contribution in [2.75, 3.05) is 0 Å². The van der Waals surface area contributed by atoms with Gasteiger partial charge in [0, 0.05) is 5.56 Å². The number of carboxylic acids is 1. The Morgan fingerprint density at radius 3 is 2.45 bits per heavy atom. The van der Waals surface area contributed by atoms with E-state index in [1.165, 1.54) is 0 Å². The minimum atomic E-state index is -1.11. The Labute approximate surface area is 129 Å². The number of benzene rings is 3. The summed E-state index contributed by atoms with van der Waals surface area (Å²) in [6.07, 6.45) is 2.31. The van der Waals surface area contributed by atoms with Crippen LogP contribution in [0.15, 0.2) is 60.7 Å². The summed E-state index contributed by atoms with van der Waals surface area (Å²) >= 11 is 0. The number of hydrogen-bond acceptors (Lipinski definition) is 2. The molecule has 2 nitrogen and oxygen atoms in total. The number of carbonyl (C=O) groups is 1. The number of hydrogen-bond donors (Lipinski definition) is 0. The van der Waals surface area contributed by atoms with Crippen LogP contribution in [0.2, 0.25) is 0 Å². The van der Waals surface area contributed by atoms with Crippen molar-refractivity contribution in [1.29, 1.82) is 0 Å². The summed E-state index contributed by atoms with van der Waals surface area (Å²) in [5.74, 6) is -0.579. The lowest BCUT2D eigenvalue weighted by atomic mass is 9.92. The van der Waals surface area contributed by atoms with E-state index in [0.717, 1.165) is 40.3 Å². The van der Waals surface area contributed by atoms with E-state index in [1.807, 2.05) is 48.5 Å². The molecule has 0 N–H and O–H groups in total. The Balaban J connectivity index is 1.95. The zero-order chi connectivity index (χ0) is 15.1. The summed E-state index contributed by atoms with van der Waals surface area (Å²) in [6, 6.07) is 19.8. The highest BCUT2D eigenvalue weighted by Crippen LogP contribution is 2.42. The number of rotatable bonds is 3. The maximum Gasteiger partial charge on any atom is 0.0721 e. The third-order valence-corrected chi connectivity index (χ3v) is 4.39. The van der Waals surface area contributed by atoms with Crippen LogP contribution in [0.4, 0.5) is 0 Å². The lowest BCUT2D eigenvalue weighted by Gasteiger charge is -2.14. The third kappa shape index (κ3) is 2.17. The Kier molecular flexibility index (Phi) is 2.97. The Morgan fingerprint density at radius 2 is 1.68 bits per heavy atom. The number of aromatic carboxylic acids is 1. The molecule has 0 radical (unpaired) electrons. The van der Waals surface area contributed by atoms with Crippen molar-refractivity contribution >= 4 is 16.7 Å². The van der Waals surface area contributed by atoms with Gasteiger partial charge in [-0.25, -0.2) is 0 Å². The Bertz CT molecular complexity index is 871. The van der Waals surface area contributed by atoms with E-state index < -0.39 is 5.97 Å². The van der Waals surface area contributed by atoms with Crippen molar-refractivity contribution < 1.29 is 9.90 Å². The average Bonchev–Trinajstić information content (AvgIpc) is 3.39. The molecule has 0 unspecified atom stereocenters. The molecule has 0 spiro atoms. The quantitative estimate of drug-likeness (QED) is 0.736. The molecule has 1 saturated carbocycles. The molecule has 1 aliphatic rings. The molecule has 3 aromatic carbocycles. The zero-order valence-corrected chi connectivity index (χ0v) is 12.1. The van der Waals surface area contributed by atoms with Gasteiger partial charge in [0.25, 0.3) is 0 Å². The first-order chi connectivity index (χ1) is 10.7. The molecule has 22 heavy (non-hydrogen) atoms. The second kappa shape index (κ2) is 4.99. The van der Waals surface area contributed by atoms with Crippen LogP contribution in [0, 0.1) is 0 Å². The fourth-order valence-electron chi connectivity index (χ4n) is 3.10. The van der Waals surface area contributed by atoms with Crippen LogP contribution in [0.5, 0.6) is 0 Å². The molecular formula is C20H15O2-. The van der Waals surface area contributed by atoms with E-state index >= 15 is 0 Å². The molecule has 0 aromatic heterocycles. The summed E-state index contributed by atoms with van der Waals surface area (Å²) < 4.78 is 0. The summed E-state index contributed by atoms with van der Waals surface area (Å²) in [6.45, 7) is 0. The minimum Gasteiger partial charge on any atom is -0.545 e. The van der Waals surface area contributed by atoms with Crippen molar-refractivity contribution in [3.05, 3.63) is 71.8 Å². The van der Waals surface area contributed by atoms with Crippen molar-refractivity contribution in [3.8, 4) is 11.1 Å². The zero-order valence-electron chi connectivity index (χ0n) is 12.1. The first-order valence-corrected chi connectivity index (χ1v) is 7.57. The summed E-state index contributed by atoms with van der Waals surface area (Å²) in [5, 5.41) is 13.8. The van der Waals surface area contributed by atoms with Gasteiger partial charge in [-0.05, 0) is 52.3 Å². The van der Waals surface area contributed by atoms with Crippen LogP contribution in [0.25, 0.3) is 21.9 Å². The van der Waals surface area contributed by atoms with Gasteiger partial charge < -0.3 is 9.90 Å². The Morgan fingerprint density at radius 1 is 0.909 bits per heavy atom. The van der Waals surface area contributed by atoms with Gasteiger partial charge in [-0.3, -0.25) is 0 Å². The topological polar surface area (TPSA) is 40.1 Å². The predicted octanol–water partition coefficient (Wildman–Crippen LogP) is 3.75. The van der Waals surface area contributed by atoms with Crippen LogP contribution in [-0.4, -0.2) is 5.97 Å². The Hall–Kier alpha value is -2.61. The molecule has 0 atom stereocenters. The standard InChI is InChI=1S/C20H16O2/c21-20(22)19-12-15(13-8-9-13)10-11-18(19)17-7-3-5-14-4-1-2-6-16(14)17/h1-7,10-13H,8-9H2,(H,21,22)/p-1. The van der Waals surface area contributed by atoms with Crippen molar-refractivity contribution in [2.24, 2.45) is 0 Å². The van der Waals surface area contributed by atoms with Gasteiger partial charge in [-0.1, -0.05) is 54.6 Å². The van der Waals surface area contributed by atoms with Crippen molar-refractivity contribution in [1.82, 2.24) is 0 Å². The minimum absolute atomic E-state index is 0.292. The van der Waals surface area contributed by atoms with E-state index in [9.17, 15) is 9.90 Å². The van der Waals surface area contributed by atoms with Gasteiger partial charge in [0.05, 0.1) is 5.97 Å². The summed E-state index contributed by atoms with van der Waals surface area (Å²) in [4.78, 5) is 11.6. The number of carboxylic acid groups (broad SMARTS) is 1. The van der Waals surface area contributed by atoms with E-state index in [-0.39, 0.29) is 0 Å². The molecular weight excluding hydrogens is 272 g/mol. The van der Waals surface area contributed by atoms with Gasteiger partial charge in [0.2, 0.25) is 0 Å². The van der Waals surface area contributed by atoms with Crippen LogP contribution in [-0.2, 0) is 0 Å². The number of carbonyl (C=O) groups excluding carboxylic acids is 1. The molecule has 0 amide bonds. The van der Waals surface area contributed by atoms with Crippen LogP contribution in [0.3, 0.4) is 0 Å². The van der Waals surface area contributed by atoms with E-state index in [2.05, 4.69) is 6.07 Å². The first-order valence-electron chi connectivity index (χ1n) is 7.57. The second-order valence-electron chi connectivity index (χ2n) is 5.89. The maximum absolute atomic E-state index is 11.6. The van der Waals surface area contributed by atoms with Crippen molar-refractivity contribution in [3.63, 3.8) is 0 Å².